The van der Waals surface area contributed by atoms with E-state index in [0.717, 1.165) is 19.3 Å². The number of benzene rings is 1. The maximum atomic E-state index is 10.1. The lowest BCUT2D eigenvalue weighted by atomic mass is 10.0. The summed E-state index contributed by atoms with van der Waals surface area (Å²) < 4.78 is 0. The smallest absolute Gasteiger partial charge is 0.133 e. The topological polar surface area (TPSA) is 29.1 Å². The number of hydrogen-bond donors (Lipinski definition) is 1. The van der Waals surface area contributed by atoms with E-state index >= 15 is 0 Å². The van der Waals surface area contributed by atoms with Gasteiger partial charge in [0.05, 0.1) is 6.54 Å². The van der Waals surface area contributed by atoms with E-state index in [9.17, 15) is 4.79 Å². The normalized spacial score (nSPS) is 10.1. The zero-order chi connectivity index (χ0) is 10.4. The van der Waals surface area contributed by atoms with Crippen LogP contribution >= 0.6 is 0 Å². The van der Waals surface area contributed by atoms with Crippen molar-refractivity contribution in [1.82, 2.24) is 5.32 Å². The first-order chi connectivity index (χ1) is 6.74. The zero-order valence-electron chi connectivity index (χ0n) is 8.84. The fraction of sp³-hybridized carbons (Fsp3) is 0.417. The summed E-state index contributed by atoms with van der Waals surface area (Å²) in [6.45, 7) is 5.53. The van der Waals surface area contributed by atoms with Crippen molar-refractivity contribution in [3.05, 3.63) is 34.9 Å². The Kier molecular flexibility index (Phi) is 4.33. The molecule has 0 radical (unpaired) electrons. The molecule has 2 heteroatoms. The van der Waals surface area contributed by atoms with Crippen LogP contribution in [0.2, 0.25) is 0 Å². The van der Waals surface area contributed by atoms with Crippen molar-refractivity contribution < 1.29 is 4.79 Å². The molecule has 0 spiro atoms. The van der Waals surface area contributed by atoms with Crippen LogP contribution in [0.3, 0.4) is 0 Å². The Morgan fingerprint density at radius 1 is 1.36 bits per heavy atom. The van der Waals surface area contributed by atoms with Crippen LogP contribution in [-0.4, -0.2) is 19.4 Å². The van der Waals surface area contributed by atoms with Crippen molar-refractivity contribution in [2.45, 2.75) is 20.3 Å². The molecular formula is C12H17NO. The molecule has 0 aliphatic carbocycles. The first-order valence-electron chi connectivity index (χ1n) is 4.94. The molecule has 0 saturated heterocycles. The first kappa shape index (κ1) is 10.9. The summed E-state index contributed by atoms with van der Waals surface area (Å²) in [5, 5.41) is 3.06. The van der Waals surface area contributed by atoms with Crippen LogP contribution in [0.5, 0.6) is 0 Å². The highest BCUT2D eigenvalue weighted by atomic mass is 16.1. The van der Waals surface area contributed by atoms with E-state index in [1.165, 1.54) is 16.7 Å². The summed E-state index contributed by atoms with van der Waals surface area (Å²) in [5.74, 6) is 0. The van der Waals surface area contributed by atoms with Gasteiger partial charge in [-0.2, -0.15) is 0 Å². The lowest BCUT2D eigenvalue weighted by Gasteiger charge is -2.06. The average molecular weight is 191 g/mol. The van der Waals surface area contributed by atoms with E-state index in [4.69, 9.17) is 0 Å². The highest BCUT2D eigenvalue weighted by molar-refractivity contribution is 5.51. The lowest BCUT2D eigenvalue weighted by Crippen LogP contribution is -2.19. The van der Waals surface area contributed by atoms with Crippen molar-refractivity contribution in [2.24, 2.45) is 0 Å². The Bertz CT molecular complexity index is 307. The Labute approximate surface area is 85.3 Å². The maximum absolute atomic E-state index is 10.1. The molecule has 0 amide bonds. The lowest BCUT2D eigenvalue weighted by molar-refractivity contribution is -0.107. The van der Waals surface area contributed by atoms with E-state index in [1.807, 2.05) is 0 Å². The summed E-state index contributed by atoms with van der Waals surface area (Å²) in [6, 6.07) is 6.47. The van der Waals surface area contributed by atoms with Gasteiger partial charge in [0.1, 0.15) is 6.29 Å². The fourth-order valence-electron chi connectivity index (χ4n) is 1.45. The molecule has 0 aromatic heterocycles. The Hall–Kier alpha value is -1.15. The number of carbonyl (C=O) groups excluding carboxylic acids is 1. The van der Waals surface area contributed by atoms with Gasteiger partial charge in [-0.1, -0.05) is 23.8 Å². The third-order valence-electron chi connectivity index (χ3n) is 2.30. The molecule has 2 nitrogen and oxygen atoms in total. The summed E-state index contributed by atoms with van der Waals surface area (Å²) in [7, 11) is 0. The third kappa shape index (κ3) is 3.30. The molecule has 0 aliphatic heterocycles. The second-order valence-corrected chi connectivity index (χ2v) is 3.55. The number of nitrogens with one attached hydrogen (secondary N) is 1. The van der Waals surface area contributed by atoms with Crippen molar-refractivity contribution >= 4 is 6.29 Å². The van der Waals surface area contributed by atoms with Crippen molar-refractivity contribution in [3.63, 3.8) is 0 Å². The minimum Gasteiger partial charge on any atom is -0.310 e. The predicted molar refractivity (Wildman–Crippen MR) is 58.6 cm³/mol. The standard InChI is InChI=1S/C12H17NO/c1-10-3-4-11(2)12(9-10)5-6-13-7-8-14/h3-4,8-9,13H,5-7H2,1-2H3. The van der Waals surface area contributed by atoms with E-state index in [1.54, 1.807) is 0 Å². The van der Waals surface area contributed by atoms with Crippen LogP contribution in [0.15, 0.2) is 18.2 Å². The molecular weight excluding hydrogens is 174 g/mol. The summed E-state index contributed by atoms with van der Waals surface area (Å²) in [5.41, 5.74) is 3.98. The minimum absolute atomic E-state index is 0.449. The van der Waals surface area contributed by atoms with E-state index in [2.05, 4.69) is 37.4 Å². The molecule has 1 aromatic carbocycles. The zero-order valence-corrected chi connectivity index (χ0v) is 8.84. The number of aldehydes is 1. The van der Waals surface area contributed by atoms with E-state index in [0.29, 0.717) is 6.54 Å². The molecule has 0 unspecified atom stereocenters. The minimum atomic E-state index is 0.449. The molecule has 1 aromatic rings. The third-order valence-corrected chi connectivity index (χ3v) is 2.30. The van der Waals surface area contributed by atoms with Gasteiger partial charge < -0.3 is 10.1 Å². The van der Waals surface area contributed by atoms with E-state index < -0.39 is 0 Å². The quantitative estimate of drug-likeness (QED) is 0.566. The summed E-state index contributed by atoms with van der Waals surface area (Å²) in [4.78, 5) is 10.1. The molecule has 0 heterocycles. The Morgan fingerprint density at radius 2 is 2.14 bits per heavy atom. The van der Waals surface area contributed by atoms with Crippen molar-refractivity contribution in [2.75, 3.05) is 13.1 Å². The van der Waals surface area contributed by atoms with Gasteiger partial charge in [-0.25, -0.2) is 0 Å². The van der Waals surface area contributed by atoms with Crippen LogP contribution in [0.1, 0.15) is 16.7 Å². The van der Waals surface area contributed by atoms with Gasteiger partial charge in [0.15, 0.2) is 0 Å². The van der Waals surface area contributed by atoms with E-state index in [-0.39, 0.29) is 0 Å². The fourth-order valence-corrected chi connectivity index (χ4v) is 1.45. The van der Waals surface area contributed by atoms with Gasteiger partial charge in [-0.15, -0.1) is 0 Å². The molecule has 0 bridgehead atoms. The first-order valence-corrected chi connectivity index (χ1v) is 4.94. The summed E-state index contributed by atoms with van der Waals surface area (Å²) >= 11 is 0. The predicted octanol–water partition coefficient (Wildman–Crippen LogP) is 1.63. The van der Waals surface area contributed by atoms with Crippen LogP contribution < -0.4 is 5.32 Å². The van der Waals surface area contributed by atoms with Gasteiger partial charge in [0, 0.05) is 0 Å². The van der Waals surface area contributed by atoms with Crippen LogP contribution in [0.4, 0.5) is 0 Å². The molecule has 1 N–H and O–H groups in total. The molecule has 0 fully saturated rings. The van der Waals surface area contributed by atoms with Gasteiger partial charge in [-0.05, 0) is 37.9 Å². The van der Waals surface area contributed by atoms with Gasteiger partial charge in [0.25, 0.3) is 0 Å². The van der Waals surface area contributed by atoms with Crippen molar-refractivity contribution in [3.8, 4) is 0 Å². The van der Waals surface area contributed by atoms with Crippen LogP contribution in [0.25, 0.3) is 0 Å². The Balaban J connectivity index is 2.49. The van der Waals surface area contributed by atoms with Gasteiger partial charge in [-0.3, -0.25) is 0 Å². The maximum Gasteiger partial charge on any atom is 0.133 e. The van der Waals surface area contributed by atoms with Crippen molar-refractivity contribution in [1.29, 1.82) is 0 Å². The number of rotatable bonds is 5. The highest BCUT2D eigenvalue weighted by Crippen LogP contribution is 2.10. The monoisotopic (exact) mass is 191 g/mol. The molecule has 14 heavy (non-hydrogen) atoms. The highest BCUT2D eigenvalue weighted by Gasteiger charge is 1.97. The SMILES string of the molecule is Cc1ccc(C)c(CCNCC=O)c1. The molecule has 0 saturated carbocycles. The average Bonchev–Trinajstić information content (AvgIpc) is 2.18. The Morgan fingerprint density at radius 3 is 2.86 bits per heavy atom. The number of aryl methyl sites for hydroxylation is 2. The van der Waals surface area contributed by atoms with Crippen LogP contribution in [-0.2, 0) is 11.2 Å². The van der Waals surface area contributed by atoms with Gasteiger partial charge in [0.2, 0.25) is 0 Å². The molecule has 0 aliphatic rings. The second-order valence-electron chi connectivity index (χ2n) is 3.55. The van der Waals surface area contributed by atoms with Gasteiger partial charge >= 0.3 is 0 Å². The molecule has 1 rings (SSSR count). The number of carbonyl (C=O) groups is 1. The molecule has 76 valence electrons. The molecule has 0 atom stereocenters. The number of hydrogen-bond acceptors (Lipinski definition) is 2. The second kappa shape index (κ2) is 5.55. The summed E-state index contributed by atoms with van der Waals surface area (Å²) in [6.07, 6.45) is 1.88. The largest absolute Gasteiger partial charge is 0.310 e. The van der Waals surface area contributed by atoms with Crippen LogP contribution in [0, 0.1) is 13.8 Å².